The molecule has 1 aliphatic rings. The van der Waals surface area contributed by atoms with Crippen LogP contribution in [0.3, 0.4) is 0 Å². The van der Waals surface area contributed by atoms with Gasteiger partial charge in [0.15, 0.2) is 10.6 Å². The van der Waals surface area contributed by atoms with E-state index in [9.17, 15) is 9.59 Å². The highest BCUT2D eigenvalue weighted by molar-refractivity contribution is 7.18. The van der Waals surface area contributed by atoms with Crippen molar-refractivity contribution in [1.29, 1.82) is 0 Å². The Morgan fingerprint density at radius 2 is 2.08 bits per heavy atom. The Balaban J connectivity index is 1.71. The summed E-state index contributed by atoms with van der Waals surface area (Å²) >= 11 is 1.57. The van der Waals surface area contributed by atoms with Gasteiger partial charge in [0, 0.05) is 10.4 Å². The van der Waals surface area contributed by atoms with Gasteiger partial charge in [-0.25, -0.2) is 4.68 Å². The lowest BCUT2D eigenvalue weighted by molar-refractivity contribution is 0.0964. The maximum atomic E-state index is 12.9. The predicted molar refractivity (Wildman–Crippen MR) is 98.4 cm³/mol. The molecule has 0 N–H and O–H groups in total. The summed E-state index contributed by atoms with van der Waals surface area (Å²) in [5, 5.41) is 8.87. The second-order valence-electron chi connectivity index (χ2n) is 6.87. The van der Waals surface area contributed by atoms with Crippen molar-refractivity contribution in [2.24, 2.45) is 5.92 Å². The van der Waals surface area contributed by atoms with Crippen molar-refractivity contribution < 1.29 is 4.79 Å². The third-order valence-corrected chi connectivity index (χ3v) is 5.99. The lowest BCUT2D eigenvalue weighted by Gasteiger charge is -2.17. The number of aromatic nitrogens is 3. The van der Waals surface area contributed by atoms with Gasteiger partial charge in [-0.2, -0.15) is 0 Å². The molecular weight excluding hydrogens is 334 g/mol. The van der Waals surface area contributed by atoms with Gasteiger partial charge in [-0.3, -0.25) is 9.59 Å². The Bertz CT molecular complexity index is 1020. The van der Waals surface area contributed by atoms with E-state index in [0.29, 0.717) is 21.7 Å². The highest BCUT2D eigenvalue weighted by Crippen LogP contribution is 2.35. The molecule has 2 aromatic heterocycles. The Hall–Kier alpha value is -2.34. The van der Waals surface area contributed by atoms with E-state index in [0.717, 1.165) is 30.4 Å². The monoisotopic (exact) mass is 353 g/mol. The molecular formula is C19H19N3O2S. The minimum absolute atomic E-state index is 0.0775. The average molecular weight is 353 g/mol. The number of carbonyl (C=O) groups excluding carboxylic acids is 1. The van der Waals surface area contributed by atoms with E-state index < -0.39 is 0 Å². The Labute approximate surface area is 149 Å². The van der Waals surface area contributed by atoms with Gasteiger partial charge in [-0.15, -0.1) is 16.4 Å². The molecule has 2 heterocycles. The van der Waals surface area contributed by atoms with Gasteiger partial charge in [0.1, 0.15) is 6.54 Å². The van der Waals surface area contributed by atoms with Gasteiger partial charge >= 0.3 is 0 Å². The van der Waals surface area contributed by atoms with Crippen LogP contribution in [0.5, 0.6) is 0 Å². The van der Waals surface area contributed by atoms with Crippen molar-refractivity contribution in [3.8, 4) is 0 Å². The van der Waals surface area contributed by atoms with Crippen LogP contribution in [0.2, 0.25) is 0 Å². The number of carbonyl (C=O) groups is 1. The lowest BCUT2D eigenvalue weighted by atomic mass is 9.89. The highest BCUT2D eigenvalue weighted by atomic mass is 32.1. The molecule has 4 rings (SSSR count). The molecule has 0 bridgehead atoms. The summed E-state index contributed by atoms with van der Waals surface area (Å²) in [4.78, 5) is 27.3. The second kappa shape index (κ2) is 6.19. The van der Waals surface area contributed by atoms with E-state index in [2.05, 4.69) is 17.2 Å². The lowest BCUT2D eigenvalue weighted by Crippen LogP contribution is -2.28. The third kappa shape index (κ3) is 2.91. The fourth-order valence-electron chi connectivity index (χ4n) is 3.36. The Morgan fingerprint density at radius 3 is 2.84 bits per heavy atom. The first-order valence-electron chi connectivity index (χ1n) is 8.51. The van der Waals surface area contributed by atoms with Crippen molar-refractivity contribution in [2.45, 2.75) is 39.7 Å². The van der Waals surface area contributed by atoms with Gasteiger partial charge in [0.25, 0.3) is 5.56 Å². The van der Waals surface area contributed by atoms with Gasteiger partial charge < -0.3 is 0 Å². The molecule has 1 aliphatic carbocycles. The maximum Gasteiger partial charge on any atom is 0.279 e. The van der Waals surface area contributed by atoms with Crippen LogP contribution < -0.4 is 5.56 Å². The number of thiophene rings is 1. The molecule has 25 heavy (non-hydrogen) atoms. The number of nitrogens with zero attached hydrogens (tertiary/aromatic N) is 3. The van der Waals surface area contributed by atoms with Crippen LogP contribution in [0, 0.1) is 12.8 Å². The summed E-state index contributed by atoms with van der Waals surface area (Å²) in [6.45, 7) is 4.13. The van der Waals surface area contributed by atoms with E-state index >= 15 is 0 Å². The zero-order valence-electron chi connectivity index (χ0n) is 14.3. The quantitative estimate of drug-likeness (QED) is 0.679. The molecule has 0 aliphatic heterocycles. The molecule has 0 spiro atoms. The fraction of sp³-hybridized carbons (Fsp3) is 0.368. The van der Waals surface area contributed by atoms with Crippen LogP contribution in [0.15, 0.2) is 29.1 Å². The number of hydrogen-bond acceptors (Lipinski definition) is 5. The van der Waals surface area contributed by atoms with Crippen molar-refractivity contribution in [3.63, 3.8) is 0 Å². The standard InChI is InChI=1S/C19H19N3O2S/c1-11-3-6-13(7-4-11)15(23)10-22-19(24)17-14-8-5-12(2)9-16(14)25-18(17)20-21-22/h3-4,6-7,12H,5,8-10H2,1-2H3. The van der Waals surface area contributed by atoms with Crippen LogP contribution in [0.4, 0.5) is 0 Å². The van der Waals surface area contributed by atoms with Crippen molar-refractivity contribution in [1.82, 2.24) is 15.0 Å². The van der Waals surface area contributed by atoms with E-state index in [1.807, 2.05) is 19.1 Å². The second-order valence-corrected chi connectivity index (χ2v) is 7.96. The number of Topliss-reactive ketones (excluding diaryl/α,β-unsaturated/α-hetero) is 1. The number of aryl methyl sites for hydroxylation is 2. The maximum absolute atomic E-state index is 12.9. The number of benzene rings is 1. The molecule has 3 aromatic rings. The number of fused-ring (bicyclic) bond motifs is 3. The first kappa shape index (κ1) is 16.1. The number of rotatable bonds is 3. The average Bonchev–Trinajstić information content (AvgIpc) is 2.96. The van der Waals surface area contributed by atoms with Gasteiger partial charge in [0.05, 0.1) is 5.39 Å². The summed E-state index contributed by atoms with van der Waals surface area (Å²) in [6, 6.07) is 7.34. The van der Waals surface area contributed by atoms with E-state index in [4.69, 9.17) is 0 Å². The van der Waals surface area contributed by atoms with Crippen LogP contribution in [0.1, 0.15) is 39.7 Å². The molecule has 128 valence electrons. The Morgan fingerprint density at radius 1 is 1.32 bits per heavy atom. The van der Waals surface area contributed by atoms with Crippen molar-refractivity contribution in [3.05, 3.63) is 56.2 Å². The summed E-state index contributed by atoms with van der Waals surface area (Å²) in [6.07, 6.45) is 2.99. The highest BCUT2D eigenvalue weighted by Gasteiger charge is 2.24. The predicted octanol–water partition coefficient (Wildman–Crippen LogP) is 3.17. The van der Waals surface area contributed by atoms with Crippen molar-refractivity contribution >= 4 is 27.3 Å². The normalized spacial score (nSPS) is 16.8. The number of ketones is 1. The van der Waals surface area contributed by atoms with Crippen LogP contribution in [-0.2, 0) is 19.4 Å². The summed E-state index contributed by atoms with van der Waals surface area (Å²) in [7, 11) is 0. The Kier molecular flexibility index (Phi) is 4.00. The largest absolute Gasteiger partial charge is 0.292 e. The summed E-state index contributed by atoms with van der Waals surface area (Å²) in [5.74, 6) is 0.507. The minimum atomic E-state index is -0.197. The van der Waals surface area contributed by atoms with E-state index in [-0.39, 0.29) is 17.9 Å². The third-order valence-electron chi connectivity index (χ3n) is 4.85. The fourth-order valence-corrected chi connectivity index (χ4v) is 4.68. The number of hydrogen-bond donors (Lipinski definition) is 0. The first-order valence-corrected chi connectivity index (χ1v) is 9.32. The smallest absolute Gasteiger partial charge is 0.279 e. The molecule has 0 radical (unpaired) electrons. The molecule has 6 heteroatoms. The molecule has 0 saturated heterocycles. The SMILES string of the molecule is Cc1ccc(C(=O)Cn2nnc3sc4c(c3c2=O)CCC(C)C4)cc1. The first-order chi connectivity index (χ1) is 12.0. The molecule has 5 nitrogen and oxygen atoms in total. The van der Waals surface area contributed by atoms with Crippen molar-refractivity contribution in [2.75, 3.05) is 0 Å². The van der Waals surface area contributed by atoms with Crippen LogP contribution in [0.25, 0.3) is 10.2 Å². The zero-order valence-corrected chi connectivity index (χ0v) is 15.1. The molecule has 1 atom stereocenters. The zero-order chi connectivity index (χ0) is 17.6. The minimum Gasteiger partial charge on any atom is -0.292 e. The summed E-state index contributed by atoms with van der Waals surface area (Å²) < 4.78 is 1.20. The molecule has 1 unspecified atom stereocenters. The van der Waals surface area contributed by atoms with Crippen LogP contribution >= 0.6 is 11.3 Å². The molecule has 0 saturated carbocycles. The van der Waals surface area contributed by atoms with Gasteiger partial charge in [-0.05, 0) is 37.7 Å². The molecule has 1 aromatic carbocycles. The van der Waals surface area contributed by atoms with Gasteiger partial charge in [0.2, 0.25) is 0 Å². The topological polar surface area (TPSA) is 64.8 Å². The van der Waals surface area contributed by atoms with Crippen LogP contribution in [-0.4, -0.2) is 20.8 Å². The molecule has 0 fully saturated rings. The van der Waals surface area contributed by atoms with E-state index in [1.54, 1.807) is 23.5 Å². The molecule has 0 amide bonds. The summed E-state index contributed by atoms with van der Waals surface area (Å²) in [5.41, 5.74) is 2.60. The van der Waals surface area contributed by atoms with Gasteiger partial charge in [-0.1, -0.05) is 42.0 Å². The van der Waals surface area contributed by atoms with E-state index in [1.165, 1.54) is 9.56 Å².